The highest BCUT2D eigenvalue weighted by Crippen LogP contribution is 2.30. The highest BCUT2D eigenvalue weighted by atomic mass is 15.1. The molecule has 1 nitrogen and oxygen atoms in total. The van der Waals surface area contributed by atoms with Gasteiger partial charge in [-0.05, 0) is 47.5 Å². The second-order valence-electron chi connectivity index (χ2n) is 4.53. The number of fused-ring (bicyclic) bond motifs is 2. The Morgan fingerprint density at radius 1 is 1.13 bits per heavy atom. The molecule has 0 atom stereocenters. The van der Waals surface area contributed by atoms with Gasteiger partial charge in [-0.15, -0.1) is 0 Å². The molecule has 0 fully saturated rings. The molecule has 0 N–H and O–H groups in total. The highest BCUT2D eigenvalue weighted by Gasteiger charge is 2.18. The molecule has 1 heterocycles. The predicted octanol–water partition coefficient (Wildman–Crippen LogP) is 3.09. The Morgan fingerprint density at radius 2 is 1.93 bits per heavy atom. The lowest BCUT2D eigenvalue weighted by atomic mass is 9.97. The molecule has 0 radical (unpaired) electrons. The fraction of sp³-hybridized carbons (Fsp3) is 0.286. The summed E-state index contributed by atoms with van der Waals surface area (Å²) in [6, 6.07) is 11.0. The summed E-state index contributed by atoms with van der Waals surface area (Å²) in [7, 11) is 2.18. The molecular weight excluding hydrogens is 182 g/mol. The second kappa shape index (κ2) is 3.07. The summed E-state index contributed by atoms with van der Waals surface area (Å²) < 4.78 is 0. The van der Waals surface area contributed by atoms with Crippen LogP contribution < -0.4 is 0 Å². The lowest BCUT2D eigenvalue weighted by Gasteiger charge is -2.08. The van der Waals surface area contributed by atoms with Gasteiger partial charge in [0.25, 0.3) is 0 Å². The summed E-state index contributed by atoms with van der Waals surface area (Å²) in [5, 5.41) is 2.79. The van der Waals surface area contributed by atoms with Crippen molar-refractivity contribution in [2.45, 2.75) is 20.0 Å². The minimum Gasteiger partial charge on any atom is -0.298 e. The van der Waals surface area contributed by atoms with Crippen LogP contribution in [0, 0.1) is 6.92 Å². The van der Waals surface area contributed by atoms with Crippen LogP contribution in [-0.2, 0) is 13.1 Å². The van der Waals surface area contributed by atoms with Crippen molar-refractivity contribution in [2.75, 3.05) is 7.05 Å². The zero-order valence-corrected chi connectivity index (χ0v) is 9.25. The summed E-state index contributed by atoms with van der Waals surface area (Å²) >= 11 is 0. The van der Waals surface area contributed by atoms with E-state index in [2.05, 4.69) is 49.2 Å². The van der Waals surface area contributed by atoms with Crippen LogP contribution in [0.2, 0.25) is 0 Å². The van der Waals surface area contributed by atoms with E-state index in [1.165, 1.54) is 27.5 Å². The summed E-state index contributed by atoms with van der Waals surface area (Å²) in [6.45, 7) is 4.45. The van der Waals surface area contributed by atoms with Crippen molar-refractivity contribution in [1.29, 1.82) is 0 Å². The van der Waals surface area contributed by atoms with E-state index in [1.54, 1.807) is 0 Å². The summed E-state index contributed by atoms with van der Waals surface area (Å²) in [6.07, 6.45) is 0. The molecule has 3 rings (SSSR count). The van der Waals surface area contributed by atoms with Gasteiger partial charge in [0.15, 0.2) is 0 Å². The molecule has 0 aromatic heterocycles. The maximum absolute atomic E-state index is 2.37. The first-order chi connectivity index (χ1) is 7.25. The lowest BCUT2D eigenvalue weighted by molar-refractivity contribution is 0.353. The molecular formula is C14H15N. The van der Waals surface area contributed by atoms with Crippen molar-refractivity contribution in [1.82, 2.24) is 4.90 Å². The minimum atomic E-state index is 1.10. The molecule has 1 aliphatic rings. The van der Waals surface area contributed by atoms with Gasteiger partial charge in [0.1, 0.15) is 0 Å². The van der Waals surface area contributed by atoms with Gasteiger partial charge >= 0.3 is 0 Å². The van der Waals surface area contributed by atoms with Gasteiger partial charge in [0.2, 0.25) is 0 Å². The molecule has 0 spiro atoms. The summed E-state index contributed by atoms with van der Waals surface area (Å²) in [5.41, 5.74) is 4.51. The molecule has 76 valence electrons. The first-order valence-corrected chi connectivity index (χ1v) is 5.44. The van der Waals surface area contributed by atoms with E-state index in [-0.39, 0.29) is 0 Å². The predicted molar refractivity (Wildman–Crippen MR) is 63.9 cm³/mol. The molecule has 0 unspecified atom stereocenters. The fourth-order valence-corrected chi connectivity index (χ4v) is 2.62. The highest BCUT2D eigenvalue weighted by molar-refractivity contribution is 5.87. The maximum Gasteiger partial charge on any atom is 0.0240 e. The van der Waals surface area contributed by atoms with E-state index in [9.17, 15) is 0 Å². The average molecular weight is 197 g/mol. The van der Waals surface area contributed by atoms with E-state index in [1.807, 2.05) is 0 Å². The fourth-order valence-electron chi connectivity index (χ4n) is 2.62. The van der Waals surface area contributed by atoms with Gasteiger partial charge in [0.05, 0.1) is 0 Å². The zero-order chi connectivity index (χ0) is 10.4. The second-order valence-corrected chi connectivity index (χ2v) is 4.53. The summed E-state index contributed by atoms with van der Waals surface area (Å²) in [5.74, 6) is 0. The van der Waals surface area contributed by atoms with Gasteiger partial charge in [-0.1, -0.05) is 24.3 Å². The van der Waals surface area contributed by atoms with Crippen LogP contribution in [0.15, 0.2) is 30.3 Å². The number of hydrogen-bond acceptors (Lipinski definition) is 1. The van der Waals surface area contributed by atoms with Crippen molar-refractivity contribution in [3.8, 4) is 0 Å². The number of nitrogens with zero attached hydrogens (tertiary/aromatic N) is 1. The third-order valence-electron chi connectivity index (χ3n) is 3.40. The Kier molecular flexibility index (Phi) is 1.83. The van der Waals surface area contributed by atoms with Crippen LogP contribution in [0.3, 0.4) is 0 Å². The van der Waals surface area contributed by atoms with E-state index < -0.39 is 0 Å². The largest absolute Gasteiger partial charge is 0.298 e. The number of aryl methyl sites for hydroxylation is 1. The van der Waals surface area contributed by atoms with E-state index in [0.717, 1.165) is 13.1 Å². The van der Waals surface area contributed by atoms with E-state index in [4.69, 9.17) is 0 Å². The molecule has 0 saturated heterocycles. The standard InChI is InChI=1S/C14H15N/c1-10-13-6-4-3-5-11(13)7-12-8-15(2)9-14(10)12/h3-7H,8-9H2,1-2H3. The van der Waals surface area contributed by atoms with Gasteiger partial charge < -0.3 is 0 Å². The van der Waals surface area contributed by atoms with Crippen molar-refractivity contribution < 1.29 is 0 Å². The van der Waals surface area contributed by atoms with Crippen LogP contribution in [0.5, 0.6) is 0 Å². The quantitative estimate of drug-likeness (QED) is 0.627. The number of benzene rings is 2. The van der Waals surface area contributed by atoms with Crippen molar-refractivity contribution in [3.63, 3.8) is 0 Å². The maximum atomic E-state index is 2.37. The third-order valence-corrected chi connectivity index (χ3v) is 3.40. The van der Waals surface area contributed by atoms with E-state index in [0.29, 0.717) is 0 Å². The van der Waals surface area contributed by atoms with Crippen molar-refractivity contribution in [2.24, 2.45) is 0 Å². The number of hydrogen-bond donors (Lipinski definition) is 0. The Bertz CT molecular complexity index is 528. The van der Waals surface area contributed by atoms with Crippen molar-refractivity contribution >= 4 is 10.8 Å². The lowest BCUT2D eigenvalue weighted by Crippen LogP contribution is -2.07. The van der Waals surface area contributed by atoms with Gasteiger partial charge in [-0.25, -0.2) is 0 Å². The minimum absolute atomic E-state index is 1.10. The Morgan fingerprint density at radius 3 is 2.80 bits per heavy atom. The smallest absolute Gasteiger partial charge is 0.0240 e. The van der Waals surface area contributed by atoms with Crippen LogP contribution >= 0.6 is 0 Å². The van der Waals surface area contributed by atoms with Crippen LogP contribution in [-0.4, -0.2) is 11.9 Å². The summed E-state index contributed by atoms with van der Waals surface area (Å²) in [4.78, 5) is 2.37. The van der Waals surface area contributed by atoms with Gasteiger partial charge in [-0.2, -0.15) is 0 Å². The van der Waals surface area contributed by atoms with Crippen molar-refractivity contribution in [3.05, 3.63) is 47.0 Å². The third kappa shape index (κ3) is 1.27. The van der Waals surface area contributed by atoms with Gasteiger partial charge in [-0.3, -0.25) is 4.90 Å². The molecule has 0 bridgehead atoms. The molecule has 1 heteroatoms. The van der Waals surface area contributed by atoms with Crippen LogP contribution in [0.4, 0.5) is 0 Å². The molecule has 0 amide bonds. The molecule has 15 heavy (non-hydrogen) atoms. The Hall–Kier alpha value is -1.34. The number of rotatable bonds is 0. The molecule has 1 aliphatic heterocycles. The topological polar surface area (TPSA) is 3.24 Å². The normalized spacial score (nSPS) is 15.9. The van der Waals surface area contributed by atoms with Gasteiger partial charge in [0, 0.05) is 13.1 Å². The average Bonchev–Trinajstić information content (AvgIpc) is 2.59. The van der Waals surface area contributed by atoms with Crippen LogP contribution in [0.1, 0.15) is 16.7 Å². The Labute approximate surface area is 90.3 Å². The molecule has 0 saturated carbocycles. The van der Waals surface area contributed by atoms with E-state index >= 15 is 0 Å². The monoisotopic (exact) mass is 197 g/mol. The zero-order valence-electron chi connectivity index (χ0n) is 9.25. The SMILES string of the molecule is Cc1c2c(cc3ccccc13)CN(C)C2. The molecule has 2 aromatic rings. The molecule has 0 aliphatic carbocycles. The first-order valence-electron chi connectivity index (χ1n) is 5.44. The Balaban J connectivity index is 2.35. The first kappa shape index (κ1) is 8.93. The van der Waals surface area contributed by atoms with Crippen LogP contribution in [0.25, 0.3) is 10.8 Å². The molecule has 2 aromatic carbocycles.